The van der Waals surface area contributed by atoms with E-state index in [2.05, 4.69) is 5.32 Å². The number of nitrogens with zero attached hydrogens (tertiary/aromatic N) is 1. The van der Waals surface area contributed by atoms with Crippen molar-refractivity contribution in [2.45, 2.75) is 63.4 Å². The van der Waals surface area contributed by atoms with Gasteiger partial charge < -0.3 is 10.1 Å². The number of carbonyl (C=O) groups excluding carboxylic acids is 1. The van der Waals surface area contributed by atoms with E-state index >= 15 is 0 Å². The number of ether oxygens (including phenoxy) is 1. The molecular formula is C25H32N2O4S. The highest BCUT2D eigenvalue weighted by Crippen LogP contribution is 2.27. The first kappa shape index (κ1) is 22.8. The minimum absolute atomic E-state index is 0.0577. The maximum atomic E-state index is 13.0. The summed E-state index contributed by atoms with van der Waals surface area (Å²) in [6, 6.07) is 12.7. The van der Waals surface area contributed by atoms with Crippen LogP contribution >= 0.6 is 0 Å². The van der Waals surface area contributed by atoms with Crippen LogP contribution in [0.25, 0.3) is 0 Å². The van der Waals surface area contributed by atoms with Crippen LogP contribution in [0.5, 0.6) is 5.75 Å². The summed E-state index contributed by atoms with van der Waals surface area (Å²) < 4.78 is 33.4. The molecule has 2 aromatic rings. The number of hydrogen-bond donors (Lipinski definition) is 1. The van der Waals surface area contributed by atoms with Crippen LogP contribution in [-0.2, 0) is 14.8 Å². The van der Waals surface area contributed by atoms with Crippen LogP contribution in [0.4, 0.5) is 5.69 Å². The summed E-state index contributed by atoms with van der Waals surface area (Å²) in [5.41, 5.74) is 2.76. The molecule has 6 nitrogen and oxygen atoms in total. The molecule has 32 heavy (non-hydrogen) atoms. The molecule has 172 valence electrons. The van der Waals surface area contributed by atoms with E-state index in [9.17, 15) is 13.2 Å². The van der Waals surface area contributed by atoms with Gasteiger partial charge in [0.15, 0.2) is 0 Å². The summed E-state index contributed by atoms with van der Waals surface area (Å²) in [7, 11) is -3.54. The minimum Gasteiger partial charge on any atom is -0.490 e. The van der Waals surface area contributed by atoms with Gasteiger partial charge in [-0.25, -0.2) is 8.42 Å². The molecule has 0 unspecified atom stereocenters. The Morgan fingerprint density at radius 1 is 0.938 bits per heavy atom. The van der Waals surface area contributed by atoms with Crippen LogP contribution in [0.2, 0.25) is 0 Å². The van der Waals surface area contributed by atoms with Gasteiger partial charge in [0.25, 0.3) is 0 Å². The number of hydrogen-bond acceptors (Lipinski definition) is 4. The smallest absolute Gasteiger partial charge is 0.243 e. The first-order valence-corrected chi connectivity index (χ1v) is 12.9. The molecule has 2 aromatic carbocycles. The van der Waals surface area contributed by atoms with Crippen molar-refractivity contribution >= 4 is 21.6 Å². The largest absolute Gasteiger partial charge is 0.490 e. The number of rotatable bonds is 6. The Kier molecular flexibility index (Phi) is 6.86. The van der Waals surface area contributed by atoms with Gasteiger partial charge >= 0.3 is 0 Å². The zero-order valence-electron chi connectivity index (χ0n) is 18.8. The fraction of sp³-hybridized carbons (Fsp3) is 0.480. The molecule has 1 aliphatic carbocycles. The quantitative estimate of drug-likeness (QED) is 0.686. The Morgan fingerprint density at radius 2 is 1.59 bits per heavy atom. The normalized spacial score (nSPS) is 18.6. The second kappa shape index (κ2) is 9.63. The molecule has 1 aliphatic heterocycles. The van der Waals surface area contributed by atoms with E-state index in [4.69, 9.17) is 4.74 Å². The molecule has 4 rings (SSSR count). The summed E-state index contributed by atoms with van der Waals surface area (Å²) >= 11 is 0. The number of anilines is 1. The average Bonchev–Trinajstić information content (AvgIpc) is 3.30. The number of amides is 1. The SMILES string of the molecule is Cc1ccc(S(=O)(=O)N2CCC(C(=O)Nc3ccc(OC4CCCC4)cc3)CC2)cc1C. The molecule has 1 amide bonds. The van der Waals surface area contributed by atoms with E-state index < -0.39 is 10.0 Å². The van der Waals surface area contributed by atoms with Crippen molar-refractivity contribution in [1.29, 1.82) is 0 Å². The van der Waals surface area contributed by atoms with Crippen molar-refractivity contribution in [2.75, 3.05) is 18.4 Å². The Bertz CT molecular complexity index is 1050. The highest BCUT2D eigenvalue weighted by molar-refractivity contribution is 7.89. The maximum Gasteiger partial charge on any atom is 0.243 e. The topological polar surface area (TPSA) is 75.7 Å². The summed E-state index contributed by atoms with van der Waals surface area (Å²) in [5.74, 6) is 0.577. The molecule has 0 spiro atoms. The zero-order valence-corrected chi connectivity index (χ0v) is 19.7. The third kappa shape index (κ3) is 5.15. The van der Waals surface area contributed by atoms with Crippen molar-refractivity contribution in [1.82, 2.24) is 4.31 Å². The zero-order chi connectivity index (χ0) is 22.7. The standard InChI is InChI=1S/C25H32N2O4S/c1-18-7-12-24(17-19(18)2)32(29,30)27-15-13-20(14-16-27)25(28)26-21-8-10-23(11-9-21)31-22-5-3-4-6-22/h7-12,17,20,22H,3-6,13-16H2,1-2H3,(H,26,28). The molecular weight excluding hydrogens is 424 g/mol. The number of nitrogens with one attached hydrogen (secondary N) is 1. The van der Waals surface area contributed by atoms with Gasteiger partial charge in [0.1, 0.15) is 5.75 Å². The Morgan fingerprint density at radius 3 is 2.22 bits per heavy atom. The van der Waals surface area contributed by atoms with Gasteiger partial charge in [0.05, 0.1) is 11.0 Å². The van der Waals surface area contributed by atoms with Gasteiger partial charge in [-0.2, -0.15) is 4.31 Å². The minimum atomic E-state index is -3.54. The molecule has 2 fully saturated rings. The maximum absolute atomic E-state index is 13.0. The molecule has 0 atom stereocenters. The van der Waals surface area contributed by atoms with Gasteiger partial charge in [-0.05, 0) is 99.9 Å². The molecule has 2 aliphatic rings. The van der Waals surface area contributed by atoms with Crippen LogP contribution in [-0.4, -0.2) is 37.8 Å². The third-order valence-electron chi connectivity index (χ3n) is 6.67. The van der Waals surface area contributed by atoms with E-state index in [-0.39, 0.29) is 11.8 Å². The average molecular weight is 457 g/mol. The Hall–Kier alpha value is -2.38. The van der Waals surface area contributed by atoms with Crippen molar-refractivity contribution in [3.05, 3.63) is 53.6 Å². The third-order valence-corrected chi connectivity index (χ3v) is 8.56. The molecule has 1 saturated carbocycles. The van der Waals surface area contributed by atoms with Crippen molar-refractivity contribution in [2.24, 2.45) is 5.92 Å². The summed E-state index contributed by atoms with van der Waals surface area (Å²) in [6.45, 7) is 4.58. The number of sulfonamides is 1. The van der Waals surface area contributed by atoms with Gasteiger partial charge in [-0.1, -0.05) is 6.07 Å². The highest BCUT2D eigenvalue weighted by Gasteiger charge is 2.32. The van der Waals surface area contributed by atoms with E-state index in [1.165, 1.54) is 17.1 Å². The van der Waals surface area contributed by atoms with E-state index in [1.807, 2.05) is 44.2 Å². The first-order valence-electron chi connectivity index (χ1n) is 11.5. The summed E-state index contributed by atoms with van der Waals surface area (Å²) in [4.78, 5) is 13.1. The molecule has 1 saturated heterocycles. The number of benzene rings is 2. The number of aryl methyl sites for hydroxylation is 2. The second-order valence-corrected chi connectivity index (χ2v) is 10.9. The first-order chi connectivity index (χ1) is 15.3. The van der Waals surface area contributed by atoms with E-state index in [1.54, 1.807) is 12.1 Å². The van der Waals surface area contributed by atoms with Gasteiger partial charge in [0.2, 0.25) is 15.9 Å². The lowest BCUT2D eigenvalue weighted by atomic mass is 9.97. The molecule has 1 heterocycles. The van der Waals surface area contributed by atoms with Gasteiger partial charge in [-0.3, -0.25) is 4.79 Å². The van der Waals surface area contributed by atoms with E-state index in [0.29, 0.717) is 36.9 Å². The molecule has 0 aromatic heterocycles. The van der Waals surface area contributed by atoms with Crippen molar-refractivity contribution in [3.63, 3.8) is 0 Å². The van der Waals surface area contributed by atoms with Crippen LogP contribution in [0.15, 0.2) is 47.4 Å². The Balaban J connectivity index is 1.30. The molecule has 0 radical (unpaired) electrons. The van der Waals surface area contributed by atoms with Crippen molar-refractivity contribution in [3.8, 4) is 5.75 Å². The lowest BCUT2D eigenvalue weighted by Gasteiger charge is -2.30. The van der Waals surface area contributed by atoms with E-state index in [0.717, 1.165) is 35.4 Å². The predicted octanol–water partition coefficient (Wildman–Crippen LogP) is 4.66. The summed E-state index contributed by atoms with van der Waals surface area (Å²) in [5, 5.41) is 2.97. The highest BCUT2D eigenvalue weighted by atomic mass is 32.2. The monoisotopic (exact) mass is 456 g/mol. The molecule has 1 N–H and O–H groups in total. The summed E-state index contributed by atoms with van der Waals surface area (Å²) in [6.07, 6.45) is 6.00. The van der Waals surface area contributed by atoms with Gasteiger partial charge in [-0.15, -0.1) is 0 Å². The molecule has 0 bridgehead atoms. The Labute approximate surface area is 191 Å². The molecule has 7 heteroatoms. The van der Waals surface area contributed by atoms with Gasteiger partial charge in [0, 0.05) is 24.7 Å². The number of carbonyl (C=O) groups is 1. The van der Waals surface area contributed by atoms with Crippen LogP contribution in [0.3, 0.4) is 0 Å². The van der Waals surface area contributed by atoms with Crippen LogP contribution < -0.4 is 10.1 Å². The second-order valence-electron chi connectivity index (χ2n) is 8.96. The van der Waals surface area contributed by atoms with Crippen LogP contribution in [0, 0.1) is 19.8 Å². The van der Waals surface area contributed by atoms with Crippen molar-refractivity contribution < 1.29 is 17.9 Å². The fourth-order valence-corrected chi connectivity index (χ4v) is 6.00. The number of piperidine rings is 1. The lowest BCUT2D eigenvalue weighted by molar-refractivity contribution is -0.120. The van der Waals surface area contributed by atoms with Crippen LogP contribution in [0.1, 0.15) is 49.7 Å². The predicted molar refractivity (Wildman–Crippen MR) is 125 cm³/mol. The lowest BCUT2D eigenvalue weighted by Crippen LogP contribution is -2.41. The fourth-order valence-electron chi connectivity index (χ4n) is 4.44.